The first-order valence-electron chi connectivity index (χ1n) is 6.99. The zero-order valence-corrected chi connectivity index (χ0v) is 14.8. The van der Waals surface area contributed by atoms with E-state index < -0.39 is 0 Å². The number of carbonyl (C=O) groups is 1. The largest absolute Gasteiger partial charge is 0.489 e. The van der Waals surface area contributed by atoms with E-state index in [9.17, 15) is 4.79 Å². The highest BCUT2D eigenvalue weighted by Crippen LogP contribution is 2.32. The molecule has 1 amide bonds. The van der Waals surface area contributed by atoms with Crippen LogP contribution in [-0.4, -0.2) is 5.91 Å². The summed E-state index contributed by atoms with van der Waals surface area (Å²) in [5, 5.41) is 12.4. The van der Waals surface area contributed by atoms with Crippen molar-refractivity contribution >= 4 is 40.7 Å². The number of amides is 1. The molecule has 7 heteroatoms. The minimum Gasteiger partial charge on any atom is -0.489 e. The first-order valence-corrected chi connectivity index (χ1v) is 8.12. The summed E-state index contributed by atoms with van der Waals surface area (Å²) >= 11 is 18.2. The van der Waals surface area contributed by atoms with Gasteiger partial charge in [0, 0.05) is 17.1 Å². The molecule has 0 radical (unpaired) electrons. The number of ether oxygens (including phenoxy) is 1. The number of nitrogens with one attached hydrogen (secondary N) is 1. The van der Waals surface area contributed by atoms with Crippen LogP contribution >= 0.6 is 34.8 Å². The lowest BCUT2D eigenvalue weighted by atomic mass is 10.2. The Bertz CT molecular complexity index is 788. The van der Waals surface area contributed by atoms with E-state index in [0.29, 0.717) is 32.9 Å². The van der Waals surface area contributed by atoms with Gasteiger partial charge in [0.05, 0.1) is 16.1 Å². The van der Waals surface area contributed by atoms with Gasteiger partial charge in [-0.05, 0) is 29.8 Å². The van der Waals surface area contributed by atoms with E-state index in [1.54, 1.807) is 30.3 Å². The number of halogens is 3. The van der Waals surface area contributed by atoms with Crippen LogP contribution in [0.25, 0.3) is 0 Å². The van der Waals surface area contributed by atoms with Crippen molar-refractivity contribution in [3.05, 3.63) is 62.6 Å². The molecule has 0 saturated heterocycles. The topological polar surface area (TPSA) is 62.1 Å². The summed E-state index contributed by atoms with van der Waals surface area (Å²) < 4.78 is 5.71. The van der Waals surface area contributed by atoms with Gasteiger partial charge in [-0.25, -0.2) is 0 Å². The second-order valence-electron chi connectivity index (χ2n) is 4.87. The van der Waals surface area contributed by atoms with E-state index in [2.05, 4.69) is 5.32 Å². The Morgan fingerprint density at radius 3 is 2.67 bits per heavy atom. The van der Waals surface area contributed by atoms with E-state index in [4.69, 9.17) is 44.8 Å². The third-order valence-electron chi connectivity index (χ3n) is 3.15. The quantitative estimate of drug-likeness (QED) is 0.732. The Morgan fingerprint density at radius 2 is 1.92 bits per heavy atom. The van der Waals surface area contributed by atoms with Crippen LogP contribution in [0.1, 0.15) is 17.5 Å². The molecule has 2 aromatic carbocycles. The molecule has 0 saturated carbocycles. The molecule has 0 spiro atoms. The molecule has 0 aliphatic heterocycles. The monoisotopic (exact) mass is 382 g/mol. The predicted molar refractivity (Wildman–Crippen MR) is 94.3 cm³/mol. The van der Waals surface area contributed by atoms with E-state index in [0.717, 1.165) is 5.56 Å². The number of hydrogen-bond acceptors (Lipinski definition) is 3. The molecule has 24 heavy (non-hydrogen) atoms. The summed E-state index contributed by atoms with van der Waals surface area (Å²) in [6.07, 6.45) is -0.165. The van der Waals surface area contributed by atoms with Gasteiger partial charge in [0.1, 0.15) is 18.8 Å². The summed E-state index contributed by atoms with van der Waals surface area (Å²) in [4.78, 5) is 11.3. The van der Waals surface area contributed by atoms with Crippen LogP contribution in [0.4, 0.5) is 0 Å². The molecule has 0 bridgehead atoms. The number of benzene rings is 2. The fourth-order valence-electron chi connectivity index (χ4n) is 1.94. The highest BCUT2D eigenvalue weighted by molar-refractivity contribution is 6.44. The van der Waals surface area contributed by atoms with Crippen LogP contribution in [0.5, 0.6) is 5.75 Å². The molecule has 2 rings (SSSR count). The second-order valence-corrected chi connectivity index (χ2v) is 6.06. The standard InChI is InChI=1S/C17H13Cl3N2O2/c18-14-4-5-15(19)17(20)13(14)10-24-12-3-1-2-11(8-12)9-22-16(23)6-7-21/h1-5,8H,6,9-10H2,(H,22,23). The molecule has 1 N–H and O–H groups in total. The Balaban J connectivity index is 2.02. The van der Waals surface area contributed by atoms with Gasteiger partial charge in [-0.2, -0.15) is 5.26 Å². The maximum absolute atomic E-state index is 11.3. The molecule has 0 heterocycles. The van der Waals surface area contributed by atoms with Crippen LogP contribution in [0, 0.1) is 11.3 Å². The Labute approximate surface area is 154 Å². The molecule has 0 aliphatic carbocycles. The number of carbonyl (C=O) groups excluding carboxylic acids is 1. The summed E-state index contributed by atoms with van der Waals surface area (Å²) in [6, 6.07) is 12.3. The second kappa shape index (κ2) is 8.79. The van der Waals surface area contributed by atoms with Gasteiger partial charge in [-0.1, -0.05) is 46.9 Å². The summed E-state index contributed by atoms with van der Waals surface area (Å²) in [7, 11) is 0. The highest BCUT2D eigenvalue weighted by Gasteiger charge is 2.10. The molecular weight excluding hydrogens is 371 g/mol. The molecule has 0 fully saturated rings. The van der Waals surface area contributed by atoms with Gasteiger partial charge < -0.3 is 10.1 Å². The average molecular weight is 384 g/mol. The van der Waals surface area contributed by atoms with E-state index in [1.165, 1.54) is 0 Å². The molecule has 0 unspecified atom stereocenters. The first-order chi connectivity index (χ1) is 11.5. The maximum Gasteiger partial charge on any atom is 0.234 e. The normalized spacial score (nSPS) is 10.1. The minimum absolute atomic E-state index is 0.165. The molecular formula is C17H13Cl3N2O2. The van der Waals surface area contributed by atoms with Crippen LogP contribution in [0.15, 0.2) is 36.4 Å². The van der Waals surface area contributed by atoms with Crippen LogP contribution in [0.3, 0.4) is 0 Å². The molecule has 0 aliphatic rings. The number of hydrogen-bond donors (Lipinski definition) is 1. The van der Waals surface area contributed by atoms with E-state index in [-0.39, 0.29) is 18.9 Å². The van der Waals surface area contributed by atoms with Crippen molar-refractivity contribution in [1.82, 2.24) is 5.32 Å². The fraction of sp³-hybridized carbons (Fsp3) is 0.176. The van der Waals surface area contributed by atoms with Gasteiger partial charge in [0.2, 0.25) is 5.91 Å². The lowest BCUT2D eigenvalue weighted by molar-refractivity contribution is -0.120. The fourth-order valence-corrected chi connectivity index (χ4v) is 2.59. The molecule has 124 valence electrons. The van der Waals surface area contributed by atoms with E-state index in [1.807, 2.05) is 12.1 Å². The Kier molecular flexibility index (Phi) is 6.74. The van der Waals surface area contributed by atoms with Crippen molar-refractivity contribution in [2.24, 2.45) is 0 Å². The van der Waals surface area contributed by atoms with Crippen molar-refractivity contribution in [3.63, 3.8) is 0 Å². The van der Waals surface area contributed by atoms with E-state index >= 15 is 0 Å². The first kappa shape index (κ1) is 18.4. The molecule has 2 aromatic rings. The lowest BCUT2D eigenvalue weighted by Crippen LogP contribution is -2.21. The van der Waals surface area contributed by atoms with Crippen molar-refractivity contribution in [2.75, 3.05) is 0 Å². The summed E-state index contributed by atoms with van der Waals surface area (Å²) in [6.45, 7) is 0.485. The highest BCUT2D eigenvalue weighted by atomic mass is 35.5. The Morgan fingerprint density at radius 1 is 1.17 bits per heavy atom. The van der Waals surface area contributed by atoms with Crippen LogP contribution < -0.4 is 10.1 Å². The number of nitriles is 1. The molecule has 4 nitrogen and oxygen atoms in total. The van der Waals surface area contributed by atoms with Crippen molar-refractivity contribution in [2.45, 2.75) is 19.6 Å². The summed E-state index contributed by atoms with van der Waals surface area (Å²) in [5.74, 6) is 0.287. The Hall–Kier alpha value is -1.93. The maximum atomic E-state index is 11.3. The minimum atomic E-state index is -0.318. The molecule has 0 aromatic heterocycles. The van der Waals surface area contributed by atoms with Crippen LogP contribution in [-0.2, 0) is 17.9 Å². The SMILES string of the molecule is N#CCC(=O)NCc1cccc(OCc2c(Cl)ccc(Cl)c2Cl)c1. The van der Waals surface area contributed by atoms with Crippen molar-refractivity contribution in [3.8, 4) is 11.8 Å². The molecule has 0 atom stereocenters. The third kappa shape index (κ3) is 5.04. The summed E-state index contributed by atoms with van der Waals surface area (Å²) in [5.41, 5.74) is 1.46. The van der Waals surface area contributed by atoms with Gasteiger partial charge in [0.15, 0.2) is 0 Å². The van der Waals surface area contributed by atoms with Gasteiger partial charge in [-0.3, -0.25) is 4.79 Å². The average Bonchev–Trinajstić information content (AvgIpc) is 2.57. The van der Waals surface area contributed by atoms with Gasteiger partial charge in [0.25, 0.3) is 0 Å². The zero-order chi connectivity index (χ0) is 17.5. The van der Waals surface area contributed by atoms with Crippen molar-refractivity contribution in [1.29, 1.82) is 5.26 Å². The third-order valence-corrected chi connectivity index (χ3v) is 4.35. The van der Waals surface area contributed by atoms with Crippen molar-refractivity contribution < 1.29 is 9.53 Å². The van der Waals surface area contributed by atoms with Crippen LogP contribution in [0.2, 0.25) is 15.1 Å². The van der Waals surface area contributed by atoms with Gasteiger partial charge in [-0.15, -0.1) is 0 Å². The smallest absolute Gasteiger partial charge is 0.234 e. The number of nitrogens with zero attached hydrogens (tertiary/aromatic N) is 1. The zero-order valence-electron chi connectivity index (χ0n) is 12.5. The number of rotatable bonds is 6. The van der Waals surface area contributed by atoms with Gasteiger partial charge >= 0.3 is 0 Å². The lowest BCUT2D eigenvalue weighted by Gasteiger charge is -2.11. The predicted octanol–water partition coefficient (Wildman–Crippen LogP) is 4.76.